The molecular weight excluding hydrogens is 252 g/mol. The quantitative estimate of drug-likeness (QED) is 0.597. The Morgan fingerprint density at radius 3 is 1.90 bits per heavy atom. The van der Waals surface area contributed by atoms with Crippen LogP contribution >= 0.6 is 0 Å². The van der Waals surface area contributed by atoms with Crippen molar-refractivity contribution in [3.05, 3.63) is 83.9 Å². The zero-order chi connectivity index (χ0) is 15.7. The molecule has 110 valence electrons. The second-order valence-corrected chi connectivity index (χ2v) is 6.17. The van der Waals surface area contributed by atoms with Crippen LogP contribution in [0, 0.1) is 12.3 Å². The van der Waals surface area contributed by atoms with Gasteiger partial charge in [0.2, 0.25) is 0 Å². The van der Waals surface area contributed by atoms with Crippen LogP contribution in [0.2, 0.25) is 0 Å². The molecule has 0 aliphatic heterocycles. The predicted molar refractivity (Wildman–Crippen MR) is 96.2 cm³/mol. The molecule has 0 amide bonds. The summed E-state index contributed by atoms with van der Waals surface area (Å²) < 4.78 is 0. The van der Waals surface area contributed by atoms with Crippen molar-refractivity contribution < 1.29 is 0 Å². The highest BCUT2D eigenvalue weighted by Crippen LogP contribution is 2.16. The topological polar surface area (TPSA) is 0 Å². The summed E-state index contributed by atoms with van der Waals surface area (Å²) in [6, 6.07) is 18.6. The lowest BCUT2D eigenvalue weighted by atomic mass is 9.95. The van der Waals surface area contributed by atoms with Crippen LogP contribution in [0.3, 0.4) is 0 Å². The maximum absolute atomic E-state index is 3.69. The number of aryl methyl sites for hydroxylation is 1. The molecule has 0 atom stereocenters. The summed E-state index contributed by atoms with van der Waals surface area (Å²) >= 11 is 0. The fourth-order valence-corrected chi connectivity index (χ4v) is 1.73. The summed E-state index contributed by atoms with van der Waals surface area (Å²) in [6.07, 6.45) is 6.26. The van der Waals surface area contributed by atoms with Crippen LogP contribution < -0.4 is 0 Å². The molecule has 0 N–H and O–H groups in total. The van der Waals surface area contributed by atoms with Gasteiger partial charge in [-0.15, -0.1) is 0 Å². The van der Waals surface area contributed by atoms with Crippen LogP contribution in [-0.2, 0) is 0 Å². The lowest BCUT2D eigenvalue weighted by Crippen LogP contribution is -1.97. The van der Waals surface area contributed by atoms with E-state index in [-0.39, 0.29) is 5.41 Å². The summed E-state index contributed by atoms with van der Waals surface area (Å²) in [7, 11) is 0. The molecule has 21 heavy (non-hydrogen) atoms. The van der Waals surface area contributed by atoms with E-state index in [1.165, 1.54) is 16.7 Å². The Bertz CT molecular complexity index is 568. The van der Waals surface area contributed by atoms with E-state index in [9.17, 15) is 0 Å². The average molecular weight is 278 g/mol. The van der Waals surface area contributed by atoms with Crippen molar-refractivity contribution in [1.82, 2.24) is 0 Å². The maximum atomic E-state index is 3.69. The predicted octanol–water partition coefficient (Wildman–Crippen LogP) is 6.38. The highest BCUT2D eigenvalue weighted by Gasteiger charge is 2.02. The van der Waals surface area contributed by atoms with Gasteiger partial charge in [-0.3, -0.25) is 0 Å². The molecule has 0 bridgehead atoms. The SMILES string of the molecule is C=Cc1ccccc1C.CC(C)(C)C=Cc1ccccc1. The van der Waals surface area contributed by atoms with E-state index >= 15 is 0 Å². The van der Waals surface area contributed by atoms with Crippen molar-refractivity contribution in [3.63, 3.8) is 0 Å². The molecule has 0 saturated heterocycles. The van der Waals surface area contributed by atoms with Crippen LogP contribution in [0.4, 0.5) is 0 Å². The molecule has 0 fully saturated rings. The molecule has 0 aromatic heterocycles. The molecule has 0 heteroatoms. The smallest absolute Gasteiger partial charge is 0.0200 e. The van der Waals surface area contributed by atoms with Crippen molar-refractivity contribution in [2.24, 2.45) is 5.41 Å². The van der Waals surface area contributed by atoms with E-state index in [1.807, 2.05) is 24.3 Å². The number of benzene rings is 2. The van der Waals surface area contributed by atoms with E-state index in [0.717, 1.165) is 0 Å². The minimum absolute atomic E-state index is 0.274. The molecule has 2 aromatic rings. The summed E-state index contributed by atoms with van der Waals surface area (Å²) in [6.45, 7) is 12.4. The highest BCUT2D eigenvalue weighted by atomic mass is 14.1. The Labute approximate surface area is 129 Å². The number of rotatable bonds is 2. The molecule has 0 spiro atoms. The summed E-state index contributed by atoms with van der Waals surface area (Å²) in [4.78, 5) is 0. The second kappa shape index (κ2) is 8.26. The Kier molecular flexibility index (Phi) is 6.68. The molecule has 0 unspecified atom stereocenters. The van der Waals surface area contributed by atoms with Crippen molar-refractivity contribution in [3.8, 4) is 0 Å². The van der Waals surface area contributed by atoms with Gasteiger partial charge in [0.25, 0.3) is 0 Å². The molecule has 0 saturated carbocycles. The fourth-order valence-electron chi connectivity index (χ4n) is 1.73. The van der Waals surface area contributed by atoms with E-state index in [0.29, 0.717) is 0 Å². The Hall–Kier alpha value is -2.08. The molecule has 2 aromatic carbocycles. The fraction of sp³-hybridized carbons (Fsp3) is 0.238. The molecular formula is C21H26. The first-order valence-electron chi connectivity index (χ1n) is 7.35. The largest absolute Gasteiger partial charge is 0.0985 e. The molecule has 2 rings (SSSR count). The van der Waals surface area contributed by atoms with Gasteiger partial charge in [-0.2, -0.15) is 0 Å². The van der Waals surface area contributed by atoms with E-state index < -0.39 is 0 Å². The van der Waals surface area contributed by atoms with Crippen molar-refractivity contribution in [2.75, 3.05) is 0 Å². The van der Waals surface area contributed by atoms with Gasteiger partial charge in [-0.25, -0.2) is 0 Å². The first-order valence-corrected chi connectivity index (χ1v) is 7.35. The van der Waals surface area contributed by atoms with Gasteiger partial charge in [-0.1, -0.05) is 100 Å². The maximum Gasteiger partial charge on any atom is -0.0200 e. The molecule has 0 heterocycles. The standard InChI is InChI=1S/C12H16.C9H10/c1-12(2,3)10-9-11-7-5-4-6-8-11;1-3-9-7-5-4-6-8(9)2/h4-10H,1-3H3;3-7H,1H2,2H3. The van der Waals surface area contributed by atoms with Crippen molar-refractivity contribution >= 4 is 12.2 Å². The lowest BCUT2D eigenvalue weighted by Gasteiger charge is -2.10. The Morgan fingerprint density at radius 2 is 1.43 bits per heavy atom. The van der Waals surface area contributed by atoms with Crippen LogP contribution in [0.25, 0.3) is 12.2 Å². The third-order valence-electron chi connectivity index (χ3n) is 2.98. The zero-order valence-electron chi connectivity index (χ0n) is 13.6. The normalized spacial score (nSPS) is 10.9. The number of hydrogen-bond donors (Lipinski definition) is 0. The van der Waals surface area contributed by atoms with Crippen molar-refractivity contribution in [1.29, 1.82) is 0 Å². The van der Waals surface area contributed by atoms with Crippen molar-refractivity contribution in [2.45, 2.75) is 27.7 Å². The summed E-state index contributed by atoms with van der Waals surface area (Å²) in [5.74, 6) is 0. The Balaban J connectivity index is 0.000000219. The highest BCUT2D eigenvalue weighted by molar-refractivity contribution is 5.51. The molecule has 0 radical (unpaired) electrons. The van der Waals surface area contributed by atoms with Crippen LogP contribution in [0.1, 0.15) is 37.5 Å². The van der Waals surface area contributed by atoms with Gasteiger partial charge in [0.15, 0.2) is 0 Å². The van der Waals surface area contributed by atoms with Gasteiger partial charge in [0.05, 0.1) is 0 Å². The average Bonchev–Trinajstić information content (AvgIpc) is 2.47. The molecule has 0 aliphatic carbocycles. The number of allylic oxidation sites excluding steroid dienone is 1. The minimum atomic E-state index is 0.274. The molecule has 0 nitrogen and oxygen atoms in total. The zero-order valence-corrected chi connectivity index (χ0v) is 13.6. The van der Waals surface area contributed by atoms with Crippen LogP contribution in [0.5, 0.6) is 0 Å². The Morgan fingerprint density at radius 1 is 0.857 bits per heavy atom. The van der Waals surface area contributed by atoms with Gasteiger partial charge >= 0.3 is 0 Å². The minimum Gasteiger partial charge on any atom is -0.0985 e. The van der Waals surface area contributed by atoms with E-state index in [4.69, 9.17) is 0 Å². The monoisotopic (exact) mass is 278 g/mol. The lowest BCUT2D eigenvalue weighted by molar-refractivity contribution is 0.547. The van der Waals surface area contributed by atoms with Gasteiger partial charge in [0.1, 0.15) is 0 Å². The van der Waals surface area contributed by atoms with Crippen LogP contribution in [-0.4, -0.2) is 0 Å². The van der Waals surface area contributed by atoms with Crippen LogP contribution in [0.15, 0.2) is 67.3 Å². The van der Waals surface area contributed by atoms with E-state index in [1.54, 1.807) is 0 Å². The second-order valence-electron chi connectivity index (χ2n) is 6.17. The summed E-state index contributed by atoms with van der Waals surface area (Å²) in [5.41, 5.74) is 4.05. The summed E-state index contributed by atoms with van der Waals surface area (Å²) in [5, 5.41) is 0. The van der Waals surface area contributed by atoms with Gasteiger partial charge < -0.3 is 0 Å². The van der Waals surface area contributed by atoms with E-state index in [2.05, 4.69) is 82.8 Å². The van der Waals surface area contributed by atoms with Gasteiger partial charge in [0, 0.05) is 0 Å². The third-order valence-corrected chi connectivity index (χ3v) is 2.98. The first kappa shape index (κ1) is 17.0. The molecule has 0 aliphatic rings. The third kappa shape index (κ3) is 7.31. The first-order chi connectivity index (χ1) is 9.92. The van der Waals surface area contributed by atoms with Gasteiger partial charge in [-0.05, 0) is 29.0 Å². The number of hydrogen-bond acceptors (Lipinski definition) is 0.